The molecular weight excluding hydrogens is 214 g/mol. The molecule has 2 heterocycles. The van der Waals surface area contributed by atoms with E-state index < -0.39 is 0 Å². The zero-order valence-electron chi connectivity index (χ0n) is 9.83. The highest BCUT2D eigenvalue weighted by molar-refractivity contribution is 5.86. The van der Waals surface area contributed by atoms with Crippen LogP contribution in [0.5, 0.6) is 0 Å². The maximum atomic E-state index is 11.0. The van der Waals surface area contributed by atoms with Crippen LogP contribution in [-0.2, 0) is 17.6 Å². The molecule has 0 saturated carbocycles. The van der Waals surface area contributed by atoms with E-state index in [0.717, 1.165) is 30.9 Å². The van der Waals surface area contributed by atoms with Crippen molar-refractivity contribution >= 4 is 11.7 Å². The lowest BCUT2D eigenvalue weighted by Gasteiger charge is -2.17. The van der Waals surface area contributed by atoms with Crippen LogP contribution in [0.1, 0.15) is 17.7 Å². The number of nitrogens with zero attached hydrogens (tertiary/aromatic N) is 1. The van der Waals surface area contributed by atoms with Crippen molar-refractivity contribution < 1.29 is 4.79 Å². The van der Waals surface area contributed by atoms with E-state index in [9.17, 15) is 4.79 Å². The Labute approximate surface area is 101 Å². The minimum Gasteiger partial charge on any atom is -0.370 e. The third-order valence-corrected chi connectivity index (χ3v) is 2.82. The Kier molecular flexibility index (Phi) is 3.75. The highest BCUT2D eigenvalue weighted by atomic mass is 16.1. The molecule has 0 aliphatic carbocycles. The summed E-state index contributed by atoms with van der Waals surface area (Å²) in [4.78, 5) is 15.5. The minimum atomic E-state index is -0.138. The second-order valence-corrected chi connectivity index (χ2v) is 4.09. The second-order valence-electron chi connectivity index (χ2n) is 4.09. The number of hydrogen-bond acceptors (Lipinski definition) is 3. The minimum absolute atomic E-state index is 0.138. The lowest BCUT2D eigenvalue weighted by atomic mass is 10.1. The van der Waals surface area contributed by atoms with Gasteiger partial charge in [-0.2, -0.15) is 0 Å². The first-order chi connectivity index (χ1) is 8.29. The van der Waals surface area contributed by atoms with Crippen LogP contribution in [0.15, 0.2) is 24.8 Å². The van der Waals surface area contributed by atoms with Crippen molar-refractivity contribution in [2.45, 2.75) is 19.3 Å². The largest absolute Gasteiger partial charge is 0.370 e. The van der Waals surface area contributed by atoms with Crippen molar-refractivity contribution in [2.75, 3.05) is 18.4 Å². The van der Waals surface area contributed by atoms with Gasteiger partial charge < -0.3 is 10.6 Å². The standard InChI is InChI=1S/C13H17N3O/c1-2-12(17)14-9-7-11-6-5-10-4-3-8-15-13(10)16-11/h2,5-6H,1,3-4,7-9H2,(H,14,17)(H,15,16). The van der Waals surface area contributed by atoms with Gasteiger partial charge in [-0.15, -0.1) is 0 Å². The average Bonchev–Trinajstić information content (AvgIpc) is 2.38. The zero-order valence-corrected chi connectivity index (χ0v) is 9.83. The smallest absolute Gasteiger partial charge is 0.243 e. The zero-order chi connectivity index (χ0) is 12.1. The maximum Gasteiger partial charge on any atom is 0.243 e. The molecule has 0 unspecified atom stereocenters. The molecule has 0 atom stereocenters. The summed E-state index contributed by atoms with van der Waals surface area (Å²) in [6, 6.07) is 4.16. The third-order valence-electron chi connectivity index (χ3n) is 2.82. The second kappa shape index (κ2) is 5.48. The molecule has 1 aliphatic rings. The maximum absolute atomic E-state index is 11.0. The summed E-state index contributed by atoms with van der Waals surface area (Å²) in [7, 11) is 0. The van der Waals surface area contributed by atoms with Crippen molar-refractivity contribution in [3.05, 3.63) is 36.0 Å². The molecule has 1 aromatic rings. The Hall–Kier alpha value is -1.84. The first-order valence-corrected chi connectivity index (χ1v) is 5.92. The number of carbonyl (C=O) groups is 1. The lowest BCUT2D eigenvalue weighted by molar-refractivity contribution is -0.116. The first-order valence-electron chi connectivity index (χ1n) is 5.92. The van der Waals surface area contributed by atoms with Crippen LogP contribution in [0.2, 0.25) is 0 Å². The fraction of sp³-hybridized carbons (Fsp3) is 0.385. The summed E-state index contributed by atoms with van der Waals surface area (Å²) in [5.74, 6) is 0.866. The van der Waals surface area contributed by atoms with E-state index >= 15 is 0 Å². The van der Waals surface area contributed by atoms with E-state index in [0.29, 0.717) is 6.54 Å². The summed E-state index contributed by atoms with van der Waals surface area (Å²) in [5, 5.41) is 6.04. The molecule has 17 heavy (non-hydrogen) atoms. The topological polar surface area (TPSA) is 54.0 Å². The van der Waals surface area contributed by atoms with Crippen molar-refractivity contribution in [1.29, 1.82) is 0 Å². The van der Waals surface area contributed by atoms with Gasteiger partial charge in [0, 0.05) is 25.2 Å². The quantitative estimate of drug-likeness (QED) is 0.768. The van der Waals surface area contributed by atoms with Crippen molar-refractivity contribution in [3.8, 4) is 0 Å². The van der Waals surface area contributed by atoms with Crippen LogP contribution in [0.3, 0.4) is 0 Å². The number of nitrogens with one attached hydrogen (secondary N) is 2. The van der Waals surface area contributed by atoms with E-state index in [1.165, 1.54) is 18.1 Å². The van der Waals surface area contributed by atoms with E-state index in [2.05, 4.69) is 28.3 Å². The Morgan fingerprint density at radius 2 is 2.47 bits per heavy atom. The molecule has 0 fully saturated rings. The SMILES string of the molecule is C=CC(=O)NCCc1ccc2c(n1)NCCC2. The predicted molar refractivity (Wildman–Crippen MR) is 68.0 cm³/mol. The molecule has 0 saturated heterocycles. The van der Waals surface area contributed by atoms with E-state index in [1.807, 2.05) is 6.07 Å². The van der Waals surface area contributed by atoms with Crippen molar-refractivity contribution in [1.82, 2.24) is 10.3 Å². The molecule has 2 N–H and O–H groups in total. The Balaban J connectivity index is 1.93. The van der Waals surface area contributed by atoms with Crippen LogP contribution in [0.25, 0.3) is 0 Å². The molecule has 0 radical (unpaired) electrons. The molecule has 0 bridgehead atoms. The average molecular weight is 231 g/mol. The Morgan fingerprint density at radius 3 is 3.29 bits per heavy atom. The van der Waals surface area contributed by atoms with Gasteiger partial charge in [-0.25, -0.2) is 4.98 Å². The third kappa shape index (κ3) is 3.06. The summed E-state index contributed by atoms with van der Waals surface area (Å²) >= 11 is 0. The number of anilines is 1. The Morgan fingerprint density at radius 1 is 1.59 bits per heavy atom. The fourth-order valence-electron chi connectivity index (χ4n) is 1.89. The number of aryl methyl sites for hydroxylation is 1. The van der Waals surface area contributed by atoms with Gasteiger partial charge in [-0.3, -0.25) is 4.79 Å². The van der Waals surface area contributed by atoms with Crippen molar-refractivity contribution in [2.24, 2.45) is 0 Å². The van der Waals surface area contributed by atoms with E-state index in [1.54, 1.807) is 0 Å². The highest BCUT2D eigenvalue weighted by Crippen LogP contribution is 2.19. The molecule has 1 aromatic heterocycles. The molecule has 90 valence electrons. The number of fused-ring (bicyclic) bond motifs is 1. The lowest BCUT2D eigenvalue weighted by Crippen LogP contribution is -2.23. The monoisotopic (exact) mass is 231 g/mol. The van der Waals surface area contributed by atoms with Crippen LogP contribution in [-0.4, -0.2) is 24.0 Å². The fourth-order valence-corrected chi connectivity index (χ4v) is 1.89. The summed E-state index contributed by atoms with van der Waals surface area (Å²) in [5.41, 5.74) is 2.29. The number of pyridine rings is 1. The van der Waals surface area contributed by atoms with Gasteiger partial charge in [0.1, 0.15) is 5.82 Å². The molecule has 4 heteroatoms. The van der Waals surface area contributed by atoms with Gasteiger partial charge in [0.05, 0.1) is 0 Å². The van der Waals surface area contributed by atoms with Crippen LogP contribution in [0, 0.1) is 0 Å². The molecule has 0 spiro atoms. The molecule has 4 nitrogen and oxygen atoms in total. The molecule has 2 rings (SSSR count). The molecule has 1 amide bonds. The number of carbonyl (C=O) groups excluding carboxylic acids is 1. The van der Waals surface area contributed by atoms with Gasteiger partial charge in [-0.05, 0) is 30.5 Å². The summed E-state index contributed by atoms with van der Waals surface area (Å²) < 4.78 is 0. The van der Waals surface area contributed by atoms with Gasteiger partial charge >= 0.3 is 0 Å². The summed E-state index contributed by atoms with van der Waals surface area (Å²) in [6.45, 7) is 5.00. The number of aromatic nitrogens is 1. The van der Waals surface area contributed by atoms with E-state index in [4.69, 9.17) is 0 Å². The number of amides is 1. The van der Waals surface area contributed by atoms with Gasteiger partial charge in [0.15, 0.2) is 0 Å². The first kappa shape index (κ1) is 11.6. The molecule has 1 aliphatic heterocycles. The normalized spacial score (nSPS) is 13.4. The number of rotatable bonds is 4. The van der Waals surface area contributed by atoms with Gasteiger partial charge in [0.25, 0.3) is 0 Å². The van der Waals surface area contributed by atoms with Crippen LogP contribution in [0.4, 0.5) is 5.82 Å². The summed E-state index contributed by atoms with van der Waals surface area (Å²) in [6.07, 6.45) is 4.29. The Bertz CT molecular complexity index is 429. The van der Waals surface area contributed by atoms with Crippen LogP contribution < -0.4 is 10.6 Å². The van der Waals surface area contributed by atoms with Crippen LogP contribution >= 0.6 is 0 Å². The molecular formula is C13H17N3O. The van der Waals surface area contributed by atoms with Gasteiger partial charge in [-0.1, -0.05) is 12.6 Å². The predicted octanol–water partition coefficient (Wildman–Crippen LogP) is 1.28. The highest BCUT2D eigenvalue weighted by Gasteiger charge is 2.09. The number of hydrogen-bond donors (Lipinski definition) is 2. The molecule has 0 aromatic carbocycles. The van der Waals surface area contributed by atoms with Gasteiger partial charge in [0.2, 0.25) is 5.91 Å². The van der Waals surface area contributed by atoms with Crippen molar-refractivity contribution in [3.63, 3.8) is 0 Å². The van der Waals surface area contributed by atoms with E-state index in [-0.39, 0.29) is 5.91 Å².